The topological polar surface area (TPSA) is 72.6 Å². The van der Waals surface area contributed by atoms with Crippen molar-refractivity contribution < 1.29 is 13.2 Å². The van der Waals surface area contributed by atoms with E-state index in [1.54, 1.807) is 22.5 Å². The molecular weight excluding hydrogens is 264 g/mol. The highest BCUT2D eigenvalue weighted by Gasteiger charge is 2.29. The molecule has 1 fully saturated rings. The summed E-state index contributed by atoms with van der Waals surface area (Å²) in [6.45, 7) is 1.70. The van der Waals surface area contributed by atoms with E-state index in [9.17, 15) is 8.42 Å². The van der Waals surface area contributed by atoms with E-state index in [0.717, 1.165) is 24.2 Å². The number of nitrogens with zero attached hydrogens (tertiary/aromatic N) is 1. The molecular formula is C13H18N2O3S. The molecule has 6 heteroatoms. The molecule has 0 bridgehead atoms. The quantitative estimate of drug-likeness (QED) is 0.887. The van der Waals surface area contributed by atoms with Gasteiger partial charge in [0.15, 0.2) is 0 Å². The largest absolute Gasteiger partial charge is 0.488 e. The van der Waals surface area contributed by atoms with Gasteiger partial charge in [-0.25, -0.2) is 8.42 Å². The second-order valence-electron chi connectivity index (χ2n) is 5.06. The molecule has 0 amide bonds. The van der Waals surface area contributed by atoms with E-state index in [0.29, 0.717) is 31.0 Å². The standard InChI is InChI=1S/C13H18N2O3S/c14-9-11-7-10-8-12(3-4-13(10)18-11)19(16,17)15-5-1-2-6-15/h3-4,8,11H,1-2,5-7,9,14H2. The van der Waals surface area contributed by atoms with Gasteiger partial charge in [-0.2, -0.15) is 4.31 Å². The number of sulfonamides is 1. The predicted octanol–water partition coefficient (Wildman–Crippen LogP) is 0.733. The van der Waals surface area contributed by atoms with Crippen molar-refractivity contribution in [2.24, 2.45) is 5.73 Å². The molecule has 1 saturated heterocycles. The average molecular weight is 282 g/mol. The van der Waals surface area contributed by atoms with Gasteiger partial charge in [0.2, 0.25) is 10.0 Å². The molecule has 1 atom stereocenters. The summed E-state index contributed by atoms with van der Waals surface area (Å²) in [5.41, 5.74) is 6.53. The molecule has 1 aromatic rings. The minimum atomic E-state index is -3.34. The van der Waals surface area contributed by atoms with Crippen molar-refractivity contribution in [2.75, 3.05) is 19.6 Å². The second-order valence-corrected chi connectivity index (χ2v) is 7.00. The van der Waals surface area contributed by atoms with Gasteiger partial charge >= 0.3 is 0 Å². The van der Waals surface area contributed by atoms with Crippen LogP contribution < -0.4 is 10.5 Å². The van der Waals surface area contributed by atoms with Gasteiger partial charge in [-0.15, -0.1) is 0 Å². The Hall–Kier alpha value is -1.11. The van der Waals surface area contributed by atoms with Crippen molar-refractivity contribution in [1.82, 2.24) is 4.31 Å². The first-order valence-corrected chi connectivity index (χ1v) is 8.05. The lowest BCUT2D eigenvalue weighted by Crippen LogP contribution is -2.27. The van der Waals surface area contributed by atoms with Crippen molar-refractivity contribution in [1.29, 1.82) is 0 Å². The van der Waals surface area contributed by atoms with E-state index >= 15 is 0 Å². The Labute approximate surface area is 113 Å². The molecule has 0 radical (unpaired) electrons. The van der Waals surface area contributed by atoms with Crippen LogP contribution in [-0.4, -0.2) is 38.5 Å². The minimum Gasteiger partial charge on any atom is -0.488 e. The number of fused-ring (bicyclic) bond motifs is 1. The van der Waals surface area contributed by atoms with Gasteiger partial charge in [0.25, 0.3) is 0 Å². The molecule has 2 N–H and O–H groups in total. The summed E-state index contributed by atoms with van der Waals surface area (Å²) in [7, 11) is -3.34. The Morgan fingerprint density at radius 3 is 2.74 bits per heavy atom. The van der Waals surface area contributed by atoms with Gasteiger partial charge in [-0.3, -0.25) is 0 Å². The van der Waals surface area contributed by atoms with Crippen LogP contribution in [-0.2, 0) is 16.4 Å². The summed E-state index contributed by atoms with van der Waals surface area (Å²) in [5.74, 6) is 0.760. The number of hydrogen-bond acceptors (Lipinski definition) is 4. The van der Waals surface area contributed by atoms with Crippen LogP contribution in [0.3, 0.4) is 0 Å². The summed E-state index contributed by atoms with van der Waals surface area (Å²) in [6.07, 6.45) is 2.56. The Morgan fingerprint density at radius 2 is 2.05 bits per heavy atom. The highest BCUT2D eigenvalue weighted by molar-refractivity contribution is 7.89. The molecule has 3 rings (SSSR count). The lowest BCUT2D eigenvalue weighted by molar-refractivity contribution is 0.241. The molecule has 0 aromatic heterocycles. The van der Waals surface area contributed by atoms with Crippen molar-refractivity contribution in [3.8, 4) is 5.75 Å². The fraction of sp³-hybridized carbons (Fsp3) is 0.538. The van der Waals surface area contributed by atoms with Gasteiger partial charge < -0.3 is 10.5 Å². The van der Waals surface area contributed by atoms with Gasteiger partial charge in [0.1, 0.15) is 11.9 Å². The van der Waals surface area contributed by atoms with E-state index in [2.05, 4.69) is 0 Å². The first-order chi connectivity index (χ1) is 9.11. The lowest BCUT2D eigenvalue weighted by atomic mass is 10.1. The number of ether oxygens (including phenoxy) is 1. The first kappa shape index (κ1) is 12.9. The summed E-state index contributed by atoms with van der Waals surface area (Å²) >= 11 is 0. The molecule has 2 aliphatic rings. The molecule has 19 heavy (non-hydrogen) atoms. The minimum absolute atomic E-state index is 0.0280. The van der Waals surface area contributed by atoms with Crippen LogP contribution in [0.1, 0.15) is 18.4 Å². The molecule has 2 heterocycles. The molecule has 2 aliphatic heterocycles. The van der Waals surface area contributed by atoms with Crippen LogP contribution >= 0.6 is 0 Å². The van der Waals surface area contributed by atoms with E-state index < -0.39 is 10.0 Å². The molecule has 5 nitrogen and oxygen atoms in total. The van der Waals surface area contributed by atoms with Crippen molar-refractivity contribution in [2.45, 2.75) is 30.3 Å². The first-order valence-electron chi connectivity index (χ1n) is 6.61. The van der Waals surface area contributed by atoms with Crippen LogP contribution in [0.5, 0.6) is 5.75 Å². The maximum Gasteiger partial charge on any atom is 0.243 e. The maximum absolute atomic E-state index is 12.4. The number of benzene rings is 1. The summed E-state index contributed by atoms with van der Waals surface area (Å²) in [5, 5.41) is 0. The normalized spacial score (nSPS) is 23.3. The van der Waals surface area contributed by atoms with Crippen LogP contribution in [0, 0.1) is 0 Å². The SMILES string of the molecule is NCC1Cc2cc(S(=O)(=O)N3CCCC3)ccc2O1. The van der Waals surface area contributed by atoms with Crippen molar-refractivity contribution in [3.63, 3.8) is 0 Å². The van der Waals surface area contributed by atoms with Crippen LogP contribution in [0.25, 0.3) is 0 Å². The fourth-order valence-corrected chi connectivity index (χ4v) is 4.23. The van der Waals surface area contributed by atoms with E-state index in [4.69, 9.17) is 10.5 Å². The monoisotopic (exact) mass is 282 g/mol. The van der Waals surface area contributed by atoms with Gasteiger partial charge in [-0.1, -0.05) is 0 Å². The molecule has 0 saturated carbocycles. The highest BCUT2D eigenvalue weighted by Crippen LogP contribution is 2.32. The Bertz CT molecular complexity index is 580. The maximum atomic E-state index is 12.4. The smallest absolute Gasteiger partial charge is 0.243 e. The Kier molecular flexibility index (Phi) is 3.24. The van der Waals surface area contributed by atoms with Gasteiger partial charge in [0, 0.05) is 26.1 Å². The zero-order valence-electron chi connectivity index (χ0n) is 10.7. The number of hydrogen-bond donors (Lipinski definition) is 1. The zero-order chi connectivity index (χ0) is 13.5. The highest BCUT2D eigenvalue weighted by atomic mass is 32.2. The van der Waals surface area contributed by atoms with E-state index in [-0.39, 0.29) is 6.10 Å². The zero-order valence-corrected chi connectivity index (χ0v) is 11.5. The lowest BCUT2D eigenvalue weighted by Gasteiger charge is -2.15. The molecule has 104 valence electrons. The average Bonchev–Trinajstić information content (AvgIpc) is 3.06. The summed E-state index contributed by atoms with van der Waals surface area (Å²) in [6, 6.07) is 5.11. The van der Waals surface area contributed by atoms with Gasteiger partial charge in [0.05, 0.1) is 4.90 Å². The summed E-state index contributed by atoms with van der Waals surface area (Å²) in [4.78, 5) is 0.370. The third-order valence-electron chi connectivity index (χ3n) is 3.74. The molecule has 0 aliphatic carbocycles. The molecule has 0 spiro atoms. The van der Waals surface area contributed by atoms with Crippen LogP contribution in [0.2, 0.25) is 0 Å². The second kappa shape index (κ2) is 4.77. The van der Waals surface area contributed by atoms with E-state index in [1.165, 1.54) is 0 Å². The third kappa shape index (κ3) is 2.24. The Balaban J connectivity index is 1.91. The van der Waals surface area contributed by atoms with E-state index in [1.807, 2.05) is 0 Å². The van der Waals surface area contributed by atoms with Crippen molar-refractivity contribution in [3.05, 3.63) is 23.8 Å². The van der Waals surface area contributed by atoms with Crippen LogP contribution in [0.15, 0.2) is 23.1 Å². The predicted molar refractivity (Wildman–Crippen MR) is 71.6 cm³/mol. The van der Waals surface area contributed by atoms with Gasteiger partial charge in [-0.05, 0) is 36.6 Å². The number of nitrogens with two attached hydrogens (primary N) is 1. The van der Waals surface area contributed by atoms with Crippen LogP contribution in [0.4, 0.5) is 0 Å². The molecule has 1 unspecified atom stereocenters. The summed E-state index contributed by atoms with van der Waals surface area (Å²) < 4.78 is 32.1. The number of rotatable bonds is 3. The third-order valence-corrected chi connectivity index (χ3v) is 5.63. The molecule has 1 aromatic carbocycles. The Morgan fingerprint density at radius 1 is 1.32 bits per heavy atom. The fourth-order valence-electron chi connectivity index (χ4n) is 2.67. The van der Waals surface area contributed by atoms with Crippen molar-refractivity contribution >= 4 is 10.0 Å².